The highest BCUT2D eigenvalue weighted by atomic mass is 19.4. The zero-order valence-corrected chi connectivity index (χ0v) is 14.6. The number of rotatable bonds is 5. The van der Waals surface area contributed by atoms with Gasteiger partial charge in [-0.25, -0.2) is 0 Å². The second-order valence-electron chi connectivity index (χ2n) is 6.14. The van der Waals surface area contributed by atoms with Crippen LogP contribution in [-0.2, 0) is 15.8 Å². The molecule has 0 aliphatic carbocycles. The molecule has 0 saturated carbocycles. The highest BCUT2D eigenvalue weighted by Crippen LogP contribution is 2.34. The first kappa shape index (κ1) is 19.7. The molecule has 2 aromatic rings. The van der Waals surface area contributed by atoms with Crippen molar-refractivity contribution in [2.75, 3.05) is 24.6 Å². The van der Waals surface area contributed by atoms with Crippen LogP contribution in [0.5, 0.6) is 5.75 Å². The van der Waals surface area contributed by atoms with Gasteiger partial charge in [-0.1, -0.05) is 30.3 Å². The van der Waals surface area contributed by atoms with E-state index in [9.17, 15) is 27.9 Å². The van der Waals surface area contributed by atoms with E-state index in [1.54, 1.807) is 24.3 Å². The molecule has 0 spiro atoms. The largest absolute Gasteiger partial charge is 0.482 e. The number of fused-ring (bicyclic) bond motifs is 1. The van der Waals surface area contributed by atoms with E-state index in [1.807, 2.05) is 0 Å². The molecule has 2 aromatic carbocycles. The normalized spacial score (nSPS) is 14.9. The third kappa shape index (κ3) is 4.25. The number of carbonyl (C=O) groups excluding carboxylic acids is 2. The Balaban J connectivity index is 1.65. The second-order valence-corrected chi connectivity index (χ2v) is 6.14. The Morgan fingerprint density at radius 1 is 1.18 bits per heavy atom. The summed E-state index contributed by atoms with van der Waals surface area (Å²) in [6.07, 6.45) is -6.17. The minimum absolute atomic E-state index is 0.216. The highest BCUT2D eigenvalue weighted by Gasteiger charge is 2.34. The van der Waals surface area contributed by atoms with Crippen molar-refractivity contribution in [3.05, 3.63) is 59.7 Å². The maximum atomic E-state index is 13.0. The third-order valence-electron chi connectivity index (χ3n) is 4.23. The lowest BCUT2D eigenvalue weighted by atomic mass is 10.0. The van der Waals surface area contributed by atoms with Gasteiger partial charge in [0.25, 0.3) is 5.91 Å². The van der Waals surface area contributed by atoms with Crippen LogP contribution in [0.3, 0.4) is 0 Å². The molecule has 3 rings (SSSR count). The predicted molar refractivity (Wildman–Crippen MR) is 93.7 cm³/mol. The molecule has 0 radical (unpaired) electrons. The molecule has 0 fully saturated rings. The molecule has 0 saturated heterocycles. The number of hydrogen-bond acceptors (Lipinski definition) is 4. The number of aliphatic hydroxyl groups excluding tert-OH is 1. The van der Waals surface area contributed by atoms with Gasteiger partial charge in [-0.05, 0) is 23.8 Å². The van der Waals surface area contributed by atoms with Crippen molar-refractivity contribution < 1.29 is 32.6 Å². The fraction of sp³-hybridized carbons (Fsp3) is 0.263. The van der Waals surface area contributed by atoms with Gasteiger partial charge in [0.15, 0.2) is 6.61 Å². The molecule has 2 N–H and O–H groups in total. The van der Waals surface area contributed by atoms with E-state index >= 15 is 0 Å². The number of halogens is 3. The molecule has 6 nitrogen and oxygen atoms in total. The summed E-state index contributed by atoms with van der Waals surface area (Å²) in [5.74, 6) is -0.584. The molecule has 0 bridgehead atoms. The van der Waals surface area contributed by atoms with E-state index in [-0.39, 0.29) is 18.7 Å². The molecule has 2 amide bonds. The summed E-state index contributed by atoms with van der Waals surface area (Å²) in [6, 6.07) is 11.3. The van der Waals surface area contributed by atoms with Crippen molar-refractivity contribution in [1.82, 2.24) is 5.32 Å². The van der Waals surface area contributed by atoms with Crippen molar-refractivity contribution in [3.8, 4) is 5.75 Å². The Labute approximate surface area is 158 Å². The molecule has 148 valence electrons. The number of anilines is 1. The average molecular weight is 394 g/mol. The van der Waals surface area contributed by atoms with Crippen molar-refractivity contribution in [3.63, 3.8) is 0 Å². The molecular formula is C19H17F3N2O4. The average Bonchev–Trinajstić information content (AvgIpc) is 2.67. The lowest BCUT2D eigenvalue weighted by Gasteiger charge is -2.28. The molecule has 9 heteroatoms. The van der Waals surface area contributed by atoms with Crippen LogP contribution >= 0.6 is 0 Å². The summed E-state index contributed by atoms with van der Waals surface area (Å²) in [4.78, 5) is 25.5. The van der Waals surface area contributed by atoms with Crippen LogP contribution in [0.25, 0.3) is 0 Å². The number of hydrogen-bond donors (Lipinski definition) is 2. The SMILES string of the molecule is O=C(CN1C(=O)COc2ccccc21)NCC(O)c1ccccc1C(F)(F)F. The van der Waals surface area contributed by atoms with E-state index in [0.29, 0.717) is 11.4 Å². The number of alkyl halides is 3. The summed E-state index contributed by atoms with van der Waals surface area (Å²) in [6.45, 7) is -0.981. The fourth-order valence-electron chi connectivity index (χ4n) is 2.89. The van der Waals surface area contributed by atoms with Gasteiger partial charge in [-0.3, -0.25) is 14.5 Å². The number of aliphatic hydroxyl groups is 1. The van der Waals surface area contributed by atoms with Crippen LogP contribution in [0, 0.1) is 0 Å². The van der Waals surface area contributed by atoms with Gasteiger partial charge in [0.1, 0.15) is 12.3 Å². The molecule has 1 aliphatic heterocycles. The minimum atomic E-state index is -4.62. The van der Waals surface area contributed by atoms with Gasteiger partial charge >= 0.3 is 6.18 Å². The van der Waals surface area contributed by atoms with E-state index in [0.717, 1.165) is 12.1 Å². The Morgan fingerprint density at radius 3 is 2.61 bits per heavy atom. The van der Waals surface area contributed by atoms with Crippen molar-refractivity contribution >= 4 is 17.5 Å². The summed E-state index contributed by atoms with van der Waals surface area (Å²) < 4.78 is 44.4. The summed E-state index contributed by atoms with van der Waals surface area (Å²) in [5, 5.41) is 12.5. The van der Waals surface area contributed by atoms with Crippen LogP contribution in [0.4, 0.5) is 18.9 Å². The molecule has 1 unspecified atom stereocenters. The lowest BCUT2D eigenvalue weighted by Crippen LogP contribution is -2.45. The van der Waals surface area contributed by atoms with Crippen molar-refractivity contribution in [2.45, 2.75) is 12.3 Å². The van der Waals surface area contributed by atoms with Gasteiger partial charge in [-0.15, -0.1) is 0 Å². The van der Waals surface area contributed by atoms with Gasteiger partial charge in [0.2, 0.25) is 5.91 Å². The Bertz CT molecular complexity index is 885. The van der Waals surface area contributed by atoms with E-state index in [2.05, 4.69) is 5.32 Å². The molecule has 28 heavy (non-hydrogen) atoms. The number of benzene rings is 2. The summed E-state index contributed by atoms with van der Waals surface area (Å²) in [7, 11) is 0. The van der Waals surface area contributed by atoms with Crippen molar-refractivity contribution in [1.29, 1.82) is 0 Å². The Kier molecular flexibility index (Phi) is 5.55. The smallest absolute Gasteiger partial charge is 0.416 e. The van der Waals surface area contributed by atoms with Crippen LogP contribution < -0.4 is 15.0 Å². The number of para-hydroxylation sites is 2. The molecular weight excluding hydrogens is 377 g/mol. The number of amides is 2. The monoisotopic (exact) mass is 394 g/mol. The van der Waals surface area contributed by atoms with E-state index in [1.165, 1.54) is 17.0 Å². The van der Waals surface area contributed by atoms with Gasteiger partial charge in [-0.2, -0.15) is 13.2 Å². The number of nitrogens with zero attached hydrogens (tertiary/aromatic N) is 1. The second kappa shape index (κ2) is 7.89. The highest BCUT2D eigenvalue weighted by molar-refractivity contribution is 6.02. The number of ether oxygens (including phenoxy) is 1. The van der Waals surface area contributed by atoms with Gasteiger partial charge in [0, 0.05) is 6.54 Å². The fourth-order valence-corrected chi connectivity index (χ4v) is 2.89. The van der Waals surface area contributed by atoms with Gasteiger partial charge < -0.3 is 15.2 Å². The van der Waals surface area contributed by atoms with Crippen LogP contribution in [0.1, 0.15) is 17.2 Å². The Hall–Kier alpha value is -3.07. The van der Waals surface area contributed by atoms with Crippen LogP contribution in [0.15, 0.2) is 48.5 Å². The first-order chi connectivity index (χ1) is 13.3. The summed E-state index contributed by atoms with van der Waals surface area (Å²) in [5.41, 5.74) is -0.867. The van der Waals surface area contributed by atoms with Crippen molar-refractivity contribution in [2.24, 2.45) is 0 Å². The molecule has 0 aromatic heterocycles. The zero-order valence-electron chi connectivity index (χ0n) is 14.6. The predicted octanol–water partition coefficient (Wildman–Crippen LogP) is 2.28. The molecule has 1 heterocycles. The number of carbonyl (C=O) groups is 2. The quantitative estimate of drug-likeness (QED) is 0.816. The zero-order chi connectivity index (χ0) is 20.3. The Morgan fingerprint density at radius 2 is 1.86 bits per heavy atom. The van der Waals surface area contributed by atoms with Crippen LogP contribution in [-0.4, -0.2) is 36.6 Å². The van der Waals surface area contributed by atoms with Crippen LogP contribution in [0.2, 0.25) is 0 Å². The standard InChI is InChI=1S/C19H17F3N2O4/c20-19(21,22)13-6-2-1-5-12(13)15(25)9-23-17(26)10-24-14-7-3-4-8-16(14)28-11-18(24)27/h1-8,15,25H,9-11H2,(H,23,26). The molecule has 1 aliphatic rings. The maximum absolute atomic E-state index is 13.0. The minimum Gasteiger partial charge on any atom is -0.482 e. The van der Waals surface area contributed by atoms with Gasteiger partial charge in [0.05, 0.1) is 17.4 Å². The molecule has 1 atom stereocenters. The summed E-state index contributed by atoms with van der Waals surface area (Å²) >= 11 is 0. The first-order valence-electron chi connectivity index (χ1n) is 8.40. The number of nitrogens with one attached hydrogen (secondary N) is 1. The first-order valence-corrected chi connectivity index (χ1v) is 8.40. The third-order valence-corrected chi connectivity index (χ3v) is 4.23. The van der Waals surface area contributed by atoms with E-state index < -0.39 is 36.2 Å². The topological polar surface area (TPSA) is 78.9 Å². The maximum Gasteiger partial charge on any atom is 0.416 e. The van der Waals surface area contributed by atoms with E-state index in [4.69, 9.17) is 4.74 Å². The lowest BCUT2D eigenvalue weighted by molar-refractivity contribution is -0.139.